The summed E-state index contributed by atoms with van der Waals surface area (Å²) in [5, 5.41) is 0. The number of methoxy groups -OCH3 is 1. The third-order valence-corrected chi connectivity index (χ3v) is 3.23. The molecule has 0 heterocycles. The van der Waals surface area contributed by atoms with Gasteiger partial charge in [-0.05, 0) is 49.8 Å². The van der Waals surface area contributed by atoms with Gasteiger partial charge in [-0.25, -0.2) is 0 Å². The van der Waals surface area contributed by atoms with Crippen molar-refractivity contribution in [3.8, 4) is 5.75 Å². The van der Waals surface area contributed by atoms with Gasteiger partial charge in [0.05, 0.1) is 7.11 Å². The second-order valence-electron chi connectivity index (χ2n) is 3.64. The van der Waals surface area contributed by atoms with E-state index >= 15 is 0 Å². The van der Waals surface area contributed by atoms with Gasteiger partial charge in [0.15, 0.2) is 0 Å². The van der Waals surface area contributed by atoms with E-state index in [0.29, 0.717) is 6.04 Å². The Morgan fingerprint density at radius 2 is 2.00 bits per heavy atom. The summed E-state index contributed by atoms with van der Waals surface area (Å²) < 4.78 is 5.10. The topological polar surface area (TPSA) is 35.2 Å². The zero-order valence-electron chi connectivity index (χ0n) is 9.40. The smallest absolute Gasteiger partial charge is 0.118 e. The molecule has 84 valence electrons. The van der Waals surface area contributed by atoms with Crippen molar-refractivity contribution in [3.63, 3.8) is 0 Å². The minimum absolute atomic E-state index is 0.321. The van der Waals surface area contributed by atoms with E-state index in [1.54, 1.807) is 7.11 Å². The maximum Gasteiger partial charge on any atom is 0.118 e. The van der Waals surface area contributed by atoms with Crippen LogP contribution < -0.4 is 10.5 Å². The van der Waals surface area contributed by atoms with Crippen LogP contribution in [0.2, 0.25) is 0 Å². The van der Waals surface area contributed by atoms with Crippen molar-refractivity contribution in [2.45, 2.75) is 30.7 Å². The van der Waals surface area contributed by atoms with Crippen LogP contribution in [-0.4, -0.2) is 18.9 Å². The lowest BCUT2D eigenvalue weighted by Gasteiger charge is -2.05. The van der Waals surface area contributed by atoms with E-state index in [1.165, 1.54) is 11.3 Å². The predicted octanol–water partition coefficient (Wildman–Crippen LogP) is 2.91. The second kappa shape index (κ2) is 6.75. The highest BCUT2D eigenvalue weighted by molar-refractivity contribution is 7.99. The summed E-state index contributed by atoms with van der Waals surface area (Å²) in [6, 6.07) is 8.49. The molecule has 0 saturated heterocycles. The molecular weight excluding hydrogens is 206 g/mol. The summed E-state index contributed by atoms with van der Waals surface area (Å²) in [4.78, 5) is 1.29. The zero-order chi connectivity index (χ0) is 11.1. The largest absolute Gasteiger partial charge is 0.497 e. The average molecular weight is 225 g/mol. The molecule has 1 unspecified atom stereocenters. The molecule has 1 aromatic rings. The minimum Gasteiger partial charge on any atom is -0.497 e. The Morgan fingerprint density at radius 3 is 2.53 bits per heavy atom. The predicted molar refractivity (Wildman–Crippen MR) is 66.6 cm³/mol. The van der Waals surface area contributed by atoms with E-state index in [2.05, 4.69) is 19.1 Å². The molecular formula is C12H19NOS. The van der Waals surface area contributed by atoms with Gasteiger partial charge in [-0.2, -0.15) is 0 Å². The van der Waals surface area contributed by atoms with Crippen LogP contribution >= 0.6 is 11.8 Å². The van der Waals surface area contributed by atoms with Crippen LogP contribution in [0.5, 0.6) is 5.75 Å². The Morgan fingerprint density at radius 1 is 1.33 bits per heavy atom. The highest BCUT2D eigenvalue weighted by Gasteiger charge is 1.97. The van der Waals surface area contributed by atoms with Gasteiger partial charge < -0.3 is 10.5 Å². The maximum atomic E-state index is 5.68. The third-order valence-electron chi connectivity index (χ3n) is 2.13. The Kier molecular flexibility index (Phi) is 5.58. The van der Waals surface area contributed by atoms with Gasteiger partial charge in [0.1, 0.15) is 5.75 Å². The third kappa shape index (κ3) is 5.09. The number of hydrogen-bond acceptors (Lipinski definition) is 3. The first-order valence-corrected chi connectivity index (χ1v) is 6.23. The molecule has 0 bridgehead atoms. The van der Waals surface area contributed by atoms with Gasteiger partial charge in [0.2, 0.25) is 0 Å². The summed E-state index contributed by atoms with van der Waals surface area (Å²) in [5.41, 5.74) is 5.68. The lowest BCUT2D eigenvalue weighted by Crippen LogP contribution is -2.14. The van der Waals surface area contributed by atoms with Crippen LogP contribution in [-0.2, 0) is 0 Å². The van der Waals surface area contributed by atoms with E-state index in [-0.39, 0.29) is 0 Å². The SMILES string of the molecule is COc1ccc(SCCCC(C)N)cc1. The van der Waals surface area contributed by atoms with Gasteiger partial charge in [-0.3, -0.25) is 0 Å². The summed E-state index contributed by atoms with van der Waals surface area (Å²) >= 11 is 1.87. The molecule has 0 aliphatic carbocycles. The van der Waals surface area contributed by atoms with Crippen LogP contribution in [0.1, 0.15) is 19.8 Å². The first-order valence-electron chi connectivity index (χ1n) is 5.25. The molecule has 0 radical (unpaired) electrons. The van der Waals surface area contributed by atoms with Crippen molar-refractivity contribution >= 4 is 11.8 Å². The van der Waals surface area contributed by atoms with Crippen molar-refractivity contribution < 1.29 is 4.74 Å². The molecule has 0 aliphatic rings. The lowest BCUT2D eigenvalue weighted by molar-refractivity contribution is 0.414. The Bertz CT molecular complexity index is 271. The first kappa shape index (κ1) is 12.4. The Balaban J connectivity index is 2.25. The van der Waals surface area contributed by atoms with Crippen molar-refractivity contribution in [1.29, 1.82) is 0 Å². The quantitative estimate of drug-likeness (QED) is 0.597. The number of hydrogen-bond donors (Lipinski definition) is 1. The van der Waals surface area contributed by atoms with Gasteiger partial charge in [0, 0.05) is 10.9 Å². The Labute approximate surface area is 96.2 Å². The fraction of sp³-hybridized carbons (Fsp3) is 0.500. The van der Waals surface area contributed by atoms with Gasteiger partial charge in [-0.15, -0.1) is 11.8 Å². The summed E-state index contributed by atoms with van der Waals surface area (Å²) in [6.07, 6.45) is 2.28. The van der Waals surface area contributed by atoms with Gasteiger partial charge in [0.25, 0.3) is 0 Å². The van der Waals surface area contributed by atoms with E-state index in [1.807, 2.05) is 23.9 Å². The van der Waals surface area contributed by atoms with Crippen LogP contribution in [0.3, 0.4) is 0 Å². The van der Waals surface area contributed by atoms with E-state index in [0.717, 1.165) is 17.9 Å². The number of rotatable bonds is 6. The van der Waals surface area contributed by atoms with Crippen LogP contribution in [0.25, 0.3) is 0 Å². The molecule has 0 aromatic heterocycles. The number of thioether (sulfide) groups is 1. The van der Waals surface area contributed by atoms with Crippen LogP contribution in [0, 0.1) is 0 Å². The second-order valence-corrected chi connectivity index (χ2v) is 4.81. The average Bonchev–Trinajstić information content (AvgIpc) is 2.25. The molecule has 1 rings (SSSR count). The minimum atomic E-state index is 0.321. The normalized spacial score (nSPS) is 12.5. The van der Waals surface area contributed by atoms with Crippen molar-refractivity contribution in [3.05, 3.63) is 24.3 Å². The molecule has 2 nitrogen and oxygen atoms in total. The number of benzene rings is 1. The molecule has 2 N–H and O–H groups in total. The standard InChI is InChI=1S/C12H19NOS/c1-10(13)4-3-9-15-12-7-5-11(14-2)6-8-12/h5-8,10H,3-4,9,13H2,1-2H3. The highest BCUT2D eigenvalue weighted by Crippen LogP contribution is 2.22. The van der Waals surface area contributed by atoms with Crippen LogP contribution in [0.15, 0.2) is 29.2 Å². The lowest BCUT2D eigenvalue weighted by atomic mass is 10.2. The molecule has 0 aliphatic heterocycles. The van der Waals surface area contributed by atoms with E-state index in [9.17, 15) is 0 Å². The van der Waals surface area contributed by atoms with Gasteiger partial charge in [-0.1, -0.05) is 0 Å². The summed E-state index contributed by atoms with van der Waals surface area (Å²) in [6.45, 7) is 2.05. The van der Waals surface area contributed by atoms with Crippen LogP contribution in [0.4, 0.5) is 0 Å². The molecule has 0 amide bonds. The number of nitrogens with two attached hydrogens (primary N) is 1. The maximum absolute atomic E-state index is 5.68. The fourth-order valence-corrected chi connectivity index (χ4v) is 2.14. The number of ether oxygens (including phenoxy) is 1. The molecule has 1 atom stereocenters. The van der Waals surface area contributed by atoms with Crippen molar-refractivity contribution in [2.75, 3.05) is 12.9 Å². The molecule has 0 saturated carbocycles. The summed E-state index contributed by atoms with van der Waals surface area (Å²) in [7, 11) is 1.69. The highest BCUT2D eigenvalue weighted by atomic mass is 32.2. The Hall–Kier alpha value is -0.670. The molecule has 1 aromatic carbocycles. The summed E-state index contributed by atoms with van der Waals surface area (Å²) in [5.74, 6) is 2.04. The molecule has 3 heteroatoms. The van der Waals surface area contributed by atoms with E-state index in [4.69, 9.17) is 10.5 Å². The first-order chi connectivity index (χ1) is 7.22. The zero-order valence-corrected chi connectivity index (χ0v) is 10.2. The van der Waals surface area contributed by atoms with Crippen molar-refractivity contribution in [1.82, 2.24) is 0 Å². The van der Waals surface area contributed by atoms with Gasteiger partial charge >= 0.3 is 0 Å². The molecule has 0 fully saturated rings. The van der Waals surface area contributed by atoms with E-state index < -0.39 is 0 Å². The molecule has 15 heavy (non-hydrogen) atoms. The van der Waals surface area contributed by atoms with Crippen molar-refractivity contribution in [2.24, 2.45) is 5.73 Å². The molecule has 0 spiro atoms. The fourth-order valence-electron chi connectivity index (χ4n) is 1.27. The monoisotopic (exact) mass is 225 g/mol.